The topological polar surface area (TPSA) is 89.3 Å². The fourth-order valence-electron chi connectivity index (χ4n) is 4.72. The maximum Gasteiger partial charge on any atom is 0.256 e. The number of amides is 1. The first-order valence-corrected chi connectivity index (χ1v) is 11.4. The normalized spacial score (nSPS) is 19.9. The molecule has 33 heavy (non-hydrogen) atoms. The summed E-state index contributed by atoms with van der Waals surface area (Å²) < 4.78 is 5.39. The second-order valence-corrected chi connectivity index (χ2v) is 9.10. The van der Waals surface area contributed by atoms with Crippen molar-refractivity contribution in [3.8, 4) is 11.4 Å². The molecule has 2 atom stereocenters. The zero-order chi connectivity index (χ0) is 23.1. The van der Waals surface area contributed by atoms with Gasteiger partial charge in [-0.2, -0.15) is 15.0 Å². The number of carbonyl (C=O) groups is 1. The Bertz CT molecular complexity index is 1160. The Balaban J connectivity index is 1.40. The summed E-state index contributed by atoms with van der Waals surface area (Å²) in [5.74, 6) is 3.20. The highest BCUT2D eigenvalue weighted by Crippen LogP contribution is 2.36. The zero-order valence-electron chi connectivity index (χ0n) is 19.5. The van der Waals surface area contributed by atoms with E-state index in [0.717, 1.165) is 43.4 Å². The maximum atomic E-state index is 13.7. The van der Waals surface area contributed by atoms with Gasteiger partial charge in [0.25, 0.3) is 5.91 Å². The summed E-state index contributed by atoms with van der Waals surface area (Å²) in [5, 5.41) is 8.45. The summed E-state index contributed by atoms with van der Waals surface area (Å²) in [6.07, 6.45) is 4.25. The van der Waals surface area contributed by atoms with E-state index < -0.39 is 0 Å². The highest BCUT2D eigenvalue weighted by atomic mass is 16.5. The van der Waals surface area contributed by atoms with Crippen LogP contribution in [0.25, 0.3) is 5.69 Å². The lowest BCUT2D eigenvalue weighted by Crippen LogP contribution is -2.66. The fourth-order valence-corrected chi connectivity index (χ4v) is 4.72. The van der Waals surface area contributed by atoms with E-state index in [2.05, 4.69) is 33.9 Å². The third-order valence-corrected chi connectivity index (χ3v) is 6.58. The van der Waals surface area contributed by atoms with Gasteiger partial charge in [-0.25, -0.2) is 9.97 Å². The molecule has 172 valence electrons. The van der Waals surface area contributed by atoms with Crippen LogP contribution in [0.3, 0.4) is 0 Å². The minimum atomic E-state index is -0.0222. The Kier molecular flexibility index (Phi) is 5.47. The van der Waals surface area contributed by atoms with E-state index in [1.54, 1.807) is 25.6 Å². The van der Waals surface area contributed by atoms with Gasteiger partial charge in [0.1, 0.15) is 17.4 Å². The molecule has 9 nitrogen and oxygen atoms in total. The molecule has 0 saturated carbocycles. The number of fused-ring (bicyclic) bond motifs is 1. The first-order valence-electron chi connectivity index (χ1n) is 11.4. The molecule has 0 N–H and O–H groups in total. The smallest absolute Gasteiger partial charge is 0.256 e. The molecule has 0 spiro atoms. The van der Waals surface area contributed by atoms with E-state index in [-0.39, 0.29) is 17.9 Å². The average molecular weight is 448 g/mol. The number of hydrogen-bond donors (Lipinski definition) is 0. The first kappa shape index (κ1) is 21.4. The lowest BCUT2D eigenvalue weighted by Gasteiger charge is -2.53. The summed E-state index contributed by atoms with van der Waals surface area (Å²) in [7, 11) is 1.60. The molecular formula is C24H29N7O2. The molecule has 2 aliphatic heterocycles. The minimum Gasteiger partial charge on any atom is -0.497 e. The predicted molar refractivity (Wildman–Crippen MR) is 124 cm³/mol. The number of rotatable bonds is 5. The number of ether oxygens (including phenoxy) is 1. The van der Waals surface area contributed by atoms with Crippen LogP contribution >= 0.6 is 0 Å². The summed E-state index contributed by atoms with van der Waals surface area (Å²) in [6.45, 7) is 8.70. The predicted octanol–water partition coefficient (Wildman–Crippen LogP) is 2.85. The molecule has 3 aromatic rings. The number of hydrogen-bond acceptors (Lipinski definition) is 7. The third kappa shape index (κ3) is 3.92. The number of anilines is 1. The molecule has 9 heteroatoms. The standard InChI is InChI=1S/C24H29N7O2/c1-15(2)23-27-16(3)11-22(28-23)29-10-7-17-13-30(21(17)14-29)24(32)19-12-18(33-4)5-6-20(19)31-25-8-9-26-31/h5-6,8-9,11-12,15,17,21H,7,10,13-14H2,1-4H3/t17-,21-/m1/s1. The lowest BCUT2D eigenvalue weighted by atomic mass is 9.81. The van der Waals surface area contributed by atoms with Crippen LogP contribution in [0.2, 0.25) is 0 Å². The number of nitrogens with zero attached hydrogens (tertiary/aromatic N) is 7. The summed E-state index contributed by atoms with van der Waals surface area (Å²) in [5.41, 5.74) is 2.16. The van der Waals surface area contributed by atoms with Crippen LogP contribution in [-0.2, 0) is 0 Å². The van der Waals surface area contributed by atoms with Crippen LogP contribution in [0.5, 0.6) is 5.75 Å². The number of likely N-dealkylation sites (tertiary alicyclic amines) is 1. The van der Waals surface area contributed by atoms with Crippen molar-refractivity contribution in [1.29, 1.82) is 0 Å². The molecule has 2 aromatic heterocycles. The Morgan fingerprint density at radius 1 is 1.12 bits per heavy atom. The monoisotopic (exact) mass is 447 g/mol. The van der Waals surface area contributed by atoms with Gasteiger partial charge < -0.3 is 14.5 Å². The molecule has 0 bridgehead atoms. The minimum absolute atomic E-state index is 0.0222. The number of aromatic nitrogens is 5. The highest BCUT2D eigenvalue weighted by Gasteiger charge is 2.46. The van der Waals surface area contributed by atoms with E-state index >= 15 is 0 Å². The van der Waals surface area contributed by atoms with Crippen LogP contribution in [-0.4, -0.2) is 68.6 Å². The molecule has 1 amide bonds. The van der Waals surface area contributed by atoms with Crippen molar-refractivity contribution in [3.63, 3.8) is 0 Å². The lowest BCUT2D eigenvalue weighted by molar-refractivity contribution is 0.00774. The van der Waals surface area contributed by atoms with Crippen LogP contribution in [0.1, 0.15) is 48.1 Å². The average Bonchev–Trinajstić information content (AvgIpc) is 3.33. The van der Waals surface area contributed by atoms with Gasteiger partial charge >= 0.3 is 0 Å². The number of piperidine rings is 1. The van der Waals surface area contributed by atoms with Crippen molar-refractivity contribution < 1.29 is 9.53 Å². The van der Waals surface area contributed by atoms with Gasteiger partial charge in [-0.1, -0.05) is 13.8 Å². The molecule has 5 rings (SSSR count). The van der Waals surface area contributed by atoms with E-state index in [1.165, 1.54) is 4.80 Å². The third-order valence-electron chi connectivity index (χ3n) is 6.58. The Hall–Kier alpha value is -3.49. The quantitative estimate of drug-likeness (QED) is 0.594. The van der Waals surface area contributed by atoms with E-state index in [9.17, 15) is 4.79 Å². The number of benzene rings is 1. The number of carbonyl (C=O) groups excluding carboxylic acids is 1. The van der Waals surface area contributed by atoms with Crippen molar-refractivity contribution in [1.82, 2.24) is 29.9 Å². The molecule has 0 aliphatic carbocycles. The van der Waals surface area contributed by atoms with Crippen molar-refractivity contribution >= 4 is 11.7 Å². The molecule has 4 heterocycles. The molecule has 0 unspecified atom stereocenters. The van der Waals surface area contributed by atoms with Gasteiger partial charge in [-0.05, 0) is 31.5 Å². The maximum absolute atomic E-state index is 13.7. The SMILES string of the molecule is COc1ccc(-n2nccn2)c(C(=O)N2C[C@H]3CCN(c4cc(C)nc(C(C)C)n4)C[C@H]32)c1. The second kappa shape index (κ2) is 8.46. The Labute approximate surface area is 193 Å². The highest BCUT2D eigenvalue weighted by molar-refractivity contribution is 5.99. The molecule has 2 fully saturated rings. The second-order valence-electron chi connectivity index (χ2n) is 9.10. The van der Waals surface area contributed by atoms with Crippen molar-refractivity contribution in [2.75, 3.05) is 31.6 Å². The van der Waals surface area contributed by atoms with Crippen molar-refractivity contribution in [2.24, 2.45) is 5.92 Å². The molecule has 0 radical (unpaired) electrons. The van der Waals surface area contributed by atoms with Crippen LogP contribution in [0.4, 0.5) is 5.82 Å². The molecule has 2 saturated heterocycles. The van der Waals surface area contributed by atoms with Crippen LogP contribution in [0.15, 0.2) is 36.7 Å². The summed E-state index contributed by atoms with van der Waals surface area (Å²) in [4.78, 5) is 28.8. The Morgan fingerprint density at radius 3 is 2.64 bits per heavy atom. The van der Waals surface area contributed by atoms with E-state index in [4.69, 9.17) is 9.72 Å². The van der Waals surface area contributed by atoms with Crippen molar-refractivity contribution in [2.45, 2.75) is 39.2 Å². The van der Waals surface area contributed by atoms with E-state index in [1.807, 2.05) is 30.0 Å². The fraction of sp³-hybridized carbons (Fsp3) is 0.458. The Morgan fingerprint density at radius 2 is 1.91 bits per heavy atom. The number of aryl methyl sites for hydroxylation is 1. The van der Waals surface area contributed by atoms with Crippen molar-refractivity contribution in [3.05, 3.63) is 53.7 Å². The molecular weight excluding hydrogens is 418 g/mol. The largest absolute Gasteiger partial charge is 0.497 e. The van der Waals surface area contributed by atoms with E-state index in [0.29, 0.717) is 22.9 Å². The van der Waals surface area contributed by atoms with Gasteiger partial charge in [-0.15, -0.1) is 0 Å². The summed E-state index contributed by atoms with van der Waals surface area (Å²) in [6, 6.07) is 7.61. The zero-order valence-corrected chi connectivity index (χ0v) is 19.5. The van der Waals surface area contributed by atoms with Gasteiger partial charge in [0, 0.05) is 43.2 Å². The van der Waals surface area contributed by atoms with Crippen LogP contribution in [0, 0.1) is 12.8 Å². The van der Waals surface area contributed by atoms with Gasteiger partial charge in [0.05, 0.1) is 36.8 Å². The summed E-state index contributed by atoms with van der Waals surface area (Å²) >= 11 is 0. The van der Waals surface area contributed by atoms with Crippen LogP contribution < -0.4 is 9.64 Å². The van der Waals surface area contributed by atoms with Gasteiger partial charge in [-0.3, -0.25) is 4.79 Å². The van der Waals surface area contributed by atoms with Gasteiger partial charge in [0.15, 0.2) is 0 Å². The number of methoxy groups -OCH3 is 1. The van der Waals surface area contributed by atoms with Gasteiger partial charge in [0.2, 0.25) is 0 Å². The molecule has 1 aromatic carbocycles. The first-order chi connectivity index (χ1) is 15.9. The molecule has 2 aliphatic rings.